The summed E-state index contributed by atoms with van der Waals surface area (Å²) in [6, 6.07) is 15.8. The van der Waals surface area contributed by atoms with E-state index in [4.69, 9.17) is 5.11 Å². The van der Waals surface area contributed by atoms with Gasteiger partial charge in [-0.1, -0.05) is 61.4 Å². The lowest BCUT2D eigenvalue weighted by atomic mass is 9.98. The fourth-order valence-corrected chi connectivity index (χ4v) is 2.70. The van der Waals surface area contributed by atoms with Gasteiger partial charge in [0.1, 0.15) is 6.10 Å². The highest BCUT2D eigenvalue weighted by atomic mass is 16.4. The Balaban J connectivity index is 1.74. The Hall–Kier alpha value is -2.46. The number of ketones is 1. The van der Waals surface area contributed by atoms with Crippen molar-refractivity contribution in [2.75, 3.05) is 0 Å². The van der Waals surface area contributed by atoms with Gasteiger partial charge in [-0.2, -0.15) is 0 Å². The molecular formula is C20H22O4. The second-order valence-corrected chi connectivity index (χ2v) is 5.81. The number of aliphatic hydroxyl groups is 1. The normalized spacial score (nSPS) is 11.9. The monoisotopic (exact) mass is 326 g/mol. The lowest BCUT2D eigenvalue weighted by Crippen LogP contribution is -2.20. The van der Waals surface area contributed by atoms with Crippen molar-refractivity contribution >= 4 is 11.8 Å². The van der Waals surface area contributed by atoms with Crippen molar-refractivity contribution in [2.24, 2.45) is 0 Å². The summed E-state index contributed by atoms with van der Waals surface area (Å²) in [5.41, 5.74) is 1.70. The average molecular weight is 326 g/mol. The number of carbonyl (C=O) groups is 2. The number of carbonyl (C=O) groups excluding carboxylic acids is 1. The summed E-state index contributed by atoms with van der Waals surface area (Å²) in [6.07, 6.45) is 2.54. The summed E-state index contributed by atoms with van der Waals surface area (Å²) in [5, 5.41) is 19.1. The van der Waals surface area contributed by atoms with Gasteiger partial charge in [-0.15, -0.1) is 0 Å². The maximum atomic E-state index is 12.0. The molecule has 0 amide bonds. The Bertz CT molecular complexity index is 679. The van der Waals surface area contributed by atoms with E-state index in [-0.39, 0.29) is 5.78 Å². The van der Waals surface area contributed by atoms with E-state index in [1.807, 2.05) is 18.2 Å². The molecule has 0 aromatic heterocycles. The van der Waals surface area contributed by atoms with Gasteiger partial charge in [0.05, 0.1) is 5.56 Å². The molecule has 0 aliphatic carbocycles. The molecule has 126 valence electrons. The molecule has 2 N–H and O–H groups in total. The number of rotatable bonds is 9. The SMILES string of the molecule is O=C(O)c1ccccc1CCCCCC(O)C(=O)c1ccccc1. The second kappa shape index (κ2) is 8.99. The van der Waals surface area contributed by atoms with E-state index in [1.165, 1.54) is 0 Å². The predicted octanol–water partition coefficient (Wildman–Crippen LogP) is 3.73. The predicted molar refractivity (Wildman–Crippen MR) is 92.4 cm³/mol. The highest BCUT2D eigenvalue weighted by molar-refractivity contribution is 5.99. The maximum absolute atomic E-state index is 12.0. The fourth-order valence-electron chi connectivity index (χ4n) is 2.70. The fraction of sp³-hybridized carbons (Fsp3) is 0.300. The van der Waals surface area contributed by atoms with Crippen LogP contribution in [0, 0.1) is 0 Å². The number of benzene rings is 2. The summed E-state index contributed by atoms with van der Waals surface area (Å²) in [7, 11) is 0. The van der Waals surface area contributed by atoms with Crippen LogP contribution in [-0.2, 0) is 6.42 Å². The number of carboxylic acid groups (broad SMARTS) is 1. The van der Waals surface area contributed by atoms with E-state index in [1.54, 1.807) is 36.4 Å². The molecule has 2 aromatic carbocycles. The number of unbranched alkanes of at least 4 members (excludes halogenated alkanes) is 2. The van der Waals surface area contributed by atoms with Crippen molar-refractivity contribution in [3.63, 3.8) is 0 Å². The van der Waals surface area contributed by atoms with E-state index in [0.717, 1.165) is 24.8 Å². The third-order valence-electron chi connectivity index (χ3n) is 4.03. The minimum atomic E-state index is -0.973. The zero-order chi connectivity index (χ0) is 17.4. The van der Waals surface area contributed by atoms with Crippen LogP contribution in [0.25, 0.3) is 0 Å². The van der Waals surface area contributed by atoms with Gasteiger partial charge < -0.3 is 10.2 Å². The van der Waals surface area contributed by atoms with E-state index in [0.29, 0.717) is 24.0 Å². The highest BCUT2D eigenvalue weighted by Crippen LogP contribution is 2.15. The van der Waals surface area contributed by atoms with Gasteiger partial charge in [-0.25, -0.2) is 4.79 Å². The largest absolute Gasteiger partial charge is 0.478 e. The third-order valence-corrected chi connectivity index (χ3v) is 4.03. The number of hydrogen-bond donors (Lipinski definition) is 2. The number of aryl methyl sites for hydroxylation is 1. The Morgan fingerprint density at radius 2 is 1.54 bits per heavy atom. The maximum Gasteiger partial charge on any atom is 0.335 e. The van der Waals surface area contributed by atoms with Gasteiger partial charge in [0.25, 0.3) is 0 Å². The van der Waals surface area contributed by atoms with Crippen LogP contribution < -0.4 is 0 Å². The molecule has 2 rings (SSSR count). The molecule has 0 saturated heterocycles. The molecule has 4 heteroatoms. The summed E-state index contributed by atoms with van der Waals surface area (Å²) >= 11 is 0. The molecule has 4 nitrogen and oxygen atoms in total. The topological polar surface area (TPSA) is 74.6 Å². The molecule has 0 fully saturated rings. The smallest absolute Gasteiger partial charge is 0.335 e. The van der Waals surface area contributed by atoms with Crippen molar-refractivity contribution in [1.82, 2.24) is 0 Å². The Morgan fingerprint density at radius 1 is 0.875 bits per heavy atom. The van der Waals surface area contributed by atoms with Gasteiger partial charge in [-0.3, -0.25) is 4.79 Å². The van der Waals surface area contributed by atoms with Crippen LogP contribution in [0.2, 0.25) is 0 Å². The van der Waals surface area contributed by atoms with Crippen molar-refractivity contribution in [2.45, 2.75) is 38.2 Å². The first-order chi connectivity index (χ1) is 11.6. The number of aromatic carboxylic acids is 1. The number of carboxylic acids is 1. The van der Waals surface area contributed by atoms with Crippen molar-refractivity contribution in [3.8, 4) is 0 Å². The van der Waals surface area contributed by atoms with E-state index in [2.05, 4.69) is 0 Å². The molecule has 1 atom stereocenters. The van der Waals surface area contributed by atoms with Crippen LogP contribution in [0.5, 0.6) is 0 Å². The lowest BCUT2D eigenvalue weighted by Gasteiger charge is -2.10. The summed E-state index contributed by atoms with van der Waals surface area (Å²) < 4.78 is 0. The highest BCUT2D eigenvalue weighted by Gasteiger charge is 2.16. The van der Waals surface area contributed by atoms with Crippen molar-refractivity contribution < 1.29 is 19.8 Å². The summed E-state index contributed by atoms with van der Waals surface area (Å²) in [6.45, 7) is 0. The summed E-state index contributed by atoms with van der Waals surface area (Å²) in [4.78, 5) is 23.2. The second-order valence-electron chi connectivity index (χ2n) is 5.81. The van der Waals surface area contributed by atoms with Gasteiger partial charge in [0, 0.05) is 5.56 Å². The zero-order valence-electron chi connectivity index (χ0n) is 13.5. The quantitative estimate of drug-likeness (QED) is 0.544. The van der Waals surface area contributed by atoms with Gasteiger partial charge in [-0.05, 0) is 30.9 Å². The van der Waals surface area contributed by atoms with Crippen LogP contribution in [0.3, 0.4) is 0 Å². The zero-order valence-corrected chi connectivity index (χ0v) is 13.5. The molecule has 0 heterocycles. The minimum absolute atomic E-state index is 0.244. The number of aliphatic hydroxyl groups excluding tert-OH is 1. The lowest BCUT2D eigenvalue weighted by molar-refractivity contribution is 0.0694. The van der Waals surface area contributed by atoms with Gasteiger partial charge >= 0.3 is 5.97 Å². The van der Waals surface area contributed by atoms with Crippen molar-refractivity contribution in [1.29, 1.82) is 0 Å². The molecule has 0 aliphatic heterocycles. The van der Waals surface area contributed by atoms with Crippen LogP contribution in [0.15, 0.2) is 54.6 Å². The van der Waals surface area contributed by atoms with E-state index >= 15 is 0 Å². The first kappa shape index (κ1) is 17.9. The Labute approximate surface area is 141 Å². The standard InChI is InChI=1S/C20H22O4/c21-18(19(22)16-11-4-1-5-12-16)14-6-2-3-9-15-10-7-8-13-17(15)20(23)24/h1,4-5,7-8,10-13,18,21H,2-3,6,9,14H2,(H,23,24). The molecule has 0 spiro atoms. The first-order valence-corrected chi connectivity index (χ1v) is 8.18. The molecule has 0 radical (unpaired) electrons. The van der Waals surface area contributed by atoms with Crippen LogP contribution in [0.4, 0.5) is 0 Å². The van der Waals surface area contributed by atoms with E-state index in [9.17, 15) is 14.7 Å². The molecule has 0 saturated carbocycles. The van der Waals surface area contributed by atoms with Crippen LogP contribution in [-0.4, -0.2) is 28.1 Å². The first-order valence-electron chi connectivity index (χ1n) is 8.18. The molecule has 2 aromatic rings. The third kappa shape index (κ3) is 5.03. The number of hydrogen-bond acceptors (Lipinski definition) is 3. The molecular weight excluding hydrogens is 304 g/mol. The van der Waals surface area contributed by atoms with Gasteiger partial charge in [0.15, 0.2) is 5.78 Å². The molecule has 0 bridgehead atoms. The van der Waals surface area contributed by atoms with Crippen LogP contribution in [0.1, 0.15) is 52.0 Å². The van der Waals surface area contributed by atoms with Gasteiger partial charge in [0.2, 0.25) is 0 Å². The molecule has 1 unspecified atom stereocenters. The van der Waals surface area contributed by atoms with E-state index < -0.39 is 12.1 Å². The molecule has 24 heavy (non-hydrogen) atoms. The molecule has 0 aliphatic rings. The number of Topliss-reactive ketones (excluding diaryl/α,β-unsaturated/α-hetero) is 1. The average Bonchev–Trinajstić information content (AvgIpc) is 2.61. The van der Waals surface area contributed by atoms with Crippen molar-refractivity contribution in [3.05, 3.63) is 71.3 Å². The Morgan fingerprint density at radius 3 is 2.25 bits per heavy atom. The minimum Gasteiger partial charge on any atom is -0.478 e. The van der Waals surface area contributed by atoms with Crippen LogP contribution >= 0.6 is 0 Å². The Kier molecular flexibility index (Phi) is 6.70. The summed E-state index contributed by atoms with van der Waals surface area (Å²) in [5.74, 6) is -1.15.